The van der Waals surface area contributed by atoms with Crippen molar-refractivity contribution in [3.05, 3.63) is 138 Å². The van der Waals surface area contributed by atoms with Crippen LogP contribution in [0.3, 0.4) is 0 Å². The van der Waals surface area contributed by atoms with Crippen molar-refractivity contribution in [1.82, 2.24) is 0 Å². The quantitative estimate of drug-likeness (QED) is 0.171. The fraction of sp³-hybridized carbons (Fsp3) is 0.143. The van der Waals surface area contributed by atoms with Crippen molar-refractivity contribution in [1.29, 1.82) is 0 Å². The lowest BCUT2D eigenvalue weighted by Crippen LogP contribution is -2.09. The molecule has 0 radical (unpaired) electrons. The van der Waals surface area contributed by atoms with Crippen molar-refractivity contribution < 1.29 is 17.2 Å². The maximum absolute atomic E-state index is 10.0. The van der Waals surface area contributed by atoms with Crippen molar-refractivity contribution in [3.8, 4) is 0 Å². The molecule has 176 valence electrons. The number of benzene rings is 4. The number of hydrogen-bond donors (Lipinski definition) is 0. The Morgan fingerprint density at radius 3 is 1.47 bits per heavy atom. The SMILES string of the molecule is Cc1ccc([S+](Cc2ccccc2)Cc2ccccc2)cc1.O=S(=O)([O-])OCc1ccccc1. The van der Waals surface area contributed by atoms with E-state index in [1.165, 1.54) is 21.6 Å². The molecular weight excluding hydrogens is 464 g/mol. The van der Waals surface area contributed by atoms with Crippen molar-refractivity contribution in [3.63, 3.8) is 0 Å². The standard InChI is InChI=1S/C21H21S.C7H8O4S/c1-18-12-14-21(15-13-18)22(16-19-8-4-2-5-9-19)17-20-10-6-3-7-11-20;8-12(9,10)11-6-7-4-2-1-3-5-7/h2-15H,16-17H2,1H3;1-5H,6H2,(H,8,9,10)/q+1;/p-1. The van der Waals surface area contributed by atoms with E-state index in [0.717, 1.165) is 11.5 Å². The number of aryl methyl sites for hydroxylation is 1. The van der Waals surface area contributed by atoms with Crippen LogP contribution in [0.15, 0.2) is 120 Å². The Balaban J connectivity index is 0.000000229. The van der Waals surface area contributed by atoms with Crippen molar-refractivity contribution >= 4 is 21.3 Å². The molecule has 4 aromatic carbocycles. The van der Waals surface area contributed by atoms with Gasteiger partial charge in [-0.25, -0.2) is 8.42 Å². The van der Waals surface area contributed by atoms with E-state index in [2.05, 4.69) is 96.0 Å². The summed E-state index contributed by atoms with van der Waals surface area (Å²) < 4.78 is 34.1. The van der Waals surface area contributed by atoms with Gasteiger partial charge in [0, 0.05) is 22.0 Å². The van der Waals surface area contributed by atoms with E-state index in [1.807, 2.05) is 0 Å². The van der Waals surface area contributed by atoms with Gasteiger partial charge in [-0.1, -0.05) is 109 Å². The first-order valence-corrected chi connectivity index (χ1v) is 13.7. The molecule has 0 saturated heterocycles. The van der Waals surface area contributed by atoms with Gasteiger partial charge in [-0.15, -0.1) is 0 Å². The van der Waals surface area contributed by atoms with Gasteiger partial charge in [-0.2, -0.15) is 0 Å². The monoisotopic (exact) mass is 492 g/mol. The van der Waals surface area contributed by atoms with E-state index in [0.29, 0.717) is 5.56 Å². The molecule has 4 nitrogen and oxygen atoms in total. The van der Waals surface area contributed by atoms with Crippen LogP contribution in [0.4, 0.5) is 0 Å². The summed E-state index contributed by atoms with van der Waals surface area (Å²) in [4.78, 5) is 1.46. The maximum atomic E-state index is 10.0. The molecule has 0 aromatic heterocycles. The Morgan fingerprint density at radius 2 is 1.06 bits per heavy atom. The lowest BCUT2D eigenvalue weighted by molar-refractivity contribution is 0.253. The fourth-order valence-electron chi connectivity index (χ4n) is 3.21. The third kappa shape index (κ3) is 9.53. The normalized spacial score (nSPS) is 11.0. The van der Waals surface area contributed by atoms with Crippen molar-refractivity contribution in [2.75, 3.05) is 0 Å². The van der Waals surface area contributed by atoms with Gasteiger partial charge in [0.1, 0.15) is 11.5 Å². The first kappa shape index (κ1) is 25.7. The molecule has 0 spiro atoms. The van der Waals surface area contributed by atoms with Crippen LogP contribution in [0.5, 0.6) is 0 Å². The molecule has 0 unspecified atom stereocenters. The van der Waals surface area contributed by atoms with Gasteiger partial charge < -0.3 is 4.55 Å². The minimum Gasteiger partial charge on any atom is -0.726 e. The zero-order valence-electron chi connectivity index (χ0n) is 19.0. The highest BCUT2D eigenvalue weighted by Gasteiger charge is 2.22. The van der Waals surface area contributed by atoms with Gasteiger partial charge in [-0.3, -0.25) is 4.18 Å². The van der Waals surface area contributed by atoms with Crippen LogP contribution in [0.1, 0.15) is 22.3 Å². The molecule has 0 aliphatic heterocycles. The highest BCUT2D eigenvalue weighted by Crippen LogP contribution is 2.23. The van der Waals surface area contributed by atoms with E-state index in [-0.39, 0.29) is 17.5 Å². The molecule has 34 heavy (non-hydrogen) atoms. The fourth-order valence-corrected chi connectivity index (χ4v) is 5.64. The molecule has 0 atom stereocenters. The van der Waals surface area contributed by atoms with Crippen LogP contribution in [-0.2, 0) is 43.6 Å². The molecule has 4 rings (SSSR count). The summed E-state index contributed by atoms with van der Waals surface area (Å²) >= 11 is 0. The van der Waals surface area contributed by atoms with Crippen molar-refractivity contribution in [2.45, 2.75) is 29.9 Å². The van der Waals surface area contributed by atoms with Crippen molar-refractivity contribution in [2.24, 2.45) is 0 Å². The molecule has 4 aromatic rings. The lowest BCUT2D eigenvalue weighted by Gasteiger charge is -2.09. The summed E-state index contributed by atoms with van der Waals surface area (Å²) in [7, 11) is -4.37. The largest absolute Gasteiger partial charge is 0.726 e. The molecule has 0 heterocycles. The smallest absolute Gasteiger partial charge is 0.217 e. The zero-order chi connectivity index (χ0) is 24.2. The van der Waals surface area contributed by atoms with Gasteiger partial charge >= 0.3 is 0 Å². The van der Waals surface area contributed by atoms with Crippen LogP contribution < -0.4 is 0 Å². The topological polar surface area (TPSA) is 66.4 Å². The predicted octanol–water partition coefficient (Wildman–Crippen LogP) is 6.04. The molecule has 0 amide bonds. The van der Waals surface area contributed by atoms with Gasteiger partial charge in [0.05, 0.1) is 6.61 Å². The molecular formula is C28H28O4S2. The average Bonchev–Trinajstić information content (AvgIpc) is 2.85. The Hall–Kier alpha value is -2.90. The van der Waals surface area contributed by atoms with Gasteiger partial charge in [0.25, 0.3) is 0 Å². The molecule has 0 saturated carbocycles. The summed E-state index contributed by atoms with van der Waals surface area (Å²) in [6, 6.07) is 39.3. The molecule has 0 N–H and O–H groups in total. The predicted molar refractivity (Wildman–Crippen MR) is 138 cm³/mol. The minimum absolute atomic E-state index is 0.202. The zero-order valence-corrected chi connectivity index (χ0v) is 20.7. The van der Waals surface area contributed by atoms with Gasteiger partial charge in [0.2, 0.25) is 10.4 Å². The van der Waals surface area contributed by atoms with Gasteiger partial charge in [0.15, 0.2) is 4.90 Å². The van der Waals surface area contributed by atoms with Crippen LogP contribution >= 0.6 is 0 Å². The Kier molecular flexibility index (Phi) is 9.91. The van der Waals surface area contributed by atoms with E-state index in [9.17, 15) is 13.0 Å². The van der Waals surface area contributed by atoms with Gasteiger partial charge in [-0.05, 0) is 24.6 Å². The van der Waals surface area contributed by atoms with E-state index in [4.69, 9.17) is 0 Å². The third-order valence-corrected chi connectivity index (χ3v) is 7.64. The molecule has 0 aliphatic rings. The van der Waals surface area contributed by atoms with Crippen LogP contribution in [-0.4, -0.2) is 13.0 Å². The van der Waals surface area contributed by atoms with E-state index < -0.39 is 10.4 Å². The molecule has 0 fully saturated rings. The second kappa shape index (κ2) is 13.1. The highest BCUT2D eigenvalue weighted by atomic mass is 32.3. The summed E-state index contributed by atoms with van der Waals surface area (Å²) in [5, 5.41) is 0. The third-order valence-electron chi connectivity index (χ3n) is 4.93. The Morgan fingerprint density at radius 1 is 0.647 bits per heavy atom. The highest BCUT2D eigenvalue weighted by molar-refractivity contribution is 7.95. The van der Waals surface area contributed by atoms with E-state index in [1.54, 1.807) is 30.3 Å². The summed E-state index contributed by atoms with van der Waals surface area (Å²) in [5.74, 6) is 2.22. The number of rotatable bonds is 8. The first-order valence-electron chi connectivity index (χ1n) is 10.9. The summed E-state index contributed by atoms with van der Waals surface area (Å²) in [5.41, 5.74) is 4.81. The van der Waals surface area contributed by atoms with Crippen LogP contribution in [0, 0.1) is 6.92 Å². The molecule has 6 heteroatoms. The van der Waals surface area contributed by atoms with Crippen LogP contribution in [0.2, 0.25) is 0 Å². The Bertz CT molecular complexity index is 1170. The second-order valence-corrected chi connectivity index (χ2v) is 10.8. The average molecular weight is 493 g/mol. The minimum atomic E-state index is -4.57. The lowest BCUT2D eigenvalue weighted by atomic mass is 10.2. The second-order valence-electron chi connectivity index (χ2n) is 7.72. The summed E-state index contributed by atoms with van der Waals surface area (Å²) in [6.45, 7) is 1.95. The Labute approximate surface area is 205 Å². The van der Waals surface area contributed by atoms with E-state index >= 15 is 0 Å². The molecule has 0 bridgehead atoms. The van der Waals surface area contributed by atoms with Crippen LogP contribution in [0.25, 0.3) is 0 Å². The maximum Gasteiger partial charge on any atom is 0.217 e. The number of hydrogen-bond acceptors (Lipinski definition) is 4. The summed E-state index contributed by atoms with van der Waals surface area (Å²) in [6.07, 6.45) is 0. The molecule has 0 aliphatic carbocycles. The first-order chi connectivity index (χ1) is 16.4.